The molecule has 1 rings (SSSR count). The van der Waals surface area contributed by atoms with Gasteiger partial charge in [0.05, 0.1) is 1.37 Å². The van der Waals surface area contributed by atoms with Crippen LogP contribution in [0.1, 0.15) is 27.7 Å². The van der Waals surface area contributed by atoms with E-state index in [2.05, 4.69) is 5.32 Å². The van der Waals surface area contributed by atoms with Gasteiger partial charge in [0.15, 0.2) is 0 Å². The Balaban J connectivity index is 2.67. The molecule has 1 aromatic carbocycles. The summed E-state index contributed by atoms with van der Waals surface area (Å²) in [4.78, 5) is 22.3. The molecule has 20 heavy (non-hydrogen) atoms. The van der Waals surface area contributed by atoms with Crippen LogP contribution in [0.3, 0.4) is 0 Å². The van der Waals surface area contributed by atoms with Gasteiger partial charge in [0, 0.05) is 5.69 Å². The smallest absolute Gasteiger partial charge is 0.412 e. The number of benzene rings is 1. The van der Waals surface area contributed by atoms with Crippen LogP contribution in [0.2, 0.25) is 0 Å². The molecule has 0 aliphatic rings. The predicted molar refractivity (Wildman–Crippen MR) is 77.3 cm³/mol. The van der Waals surface area contributed by atoms with E-state index in [1.54, 1.807) is 45.0 Å². The lowest BCUT2D eigenvalue weighted by Gasteiger charge is -2.19. The number of nitrogens with one attached hydrogen (secondary N) is 1. The van der Waals surface area contributed by atoms with Gasteiger partial charge in [-0.3, -0.25) is 10.1 Å². The van der Waals surface area contributed by atoms with Crippen molar-refractivity contribution in [2.75, 3.05) is 5.32 Å². The third kappa shape index (κ3) is 5.93. The second-order valence-corrected chi connectivity index (χ2v) is 5.67. The van der Waals surface area contributed by atoms with E-state index in [0.29, 0.717) is 11.3 Å². The van der Waals surface area contributed by atoms with Gasteiger partial charge in [0.1, 0.15) is 11.0 Å². The van der Waals surface area contributed by atoms with Gasteiger partial charge in [-0.25, -0.2) is 4.79 Å². The number of aliphatic carboxylic acids is 1. The largest absolute Gasteiger partial charge is 0.480 e. The first-order valence-electron chi connectivity index (χ1n) is 6.51. The molecule has 0 fully saturated rings. The molecular formula is C14H18ClNO4. The summed E-state index contributed by atoms with van der Waals surface area (Å²) in [6, 6.07) is 6.38. The number of ether oxygens (including phenoxy) is 1. The number of carboxylic acids is 1. The highest BCUT2D eigenvalue weighted by molar-refractivity contribution is 6.29. The maximum atomic E-state index is 11.6. The van der Waals surface area contributed by atoms with Gasteiger partial charge in [0.2, 0.25) is 0 Å². The van der Waals surface area contributed by atoms with Crippen LogP contribution in [0.15, 0.2) is 24.3 Å². The lowest BCUT2D eigenvalue weighted by Crippen LogP contribution is -2.27. The lowest BCUT2D eigenvalue weighted by atomic mass is 10.1. The molecule has 0 spiro atoms. The van der Waals surface area contributed by atoms with E-state index in [1.165, 1.54) is 0 Å². The molecule has 0 aromatic heterocycles. The molecule has 0 unspecified atom stereocenters. The zero-order chi connectivity index (χ0) is 16.3. The summed E-state index contributed by atoms with van der Waals surface area (Å²) in [6.45, 7) is 5.28. The molecule has 110 valence electrons. The molecule has 0 heterocycles. The monoisotopic (exact) mass is 300 g/mol. The number of carbonyl (C=O) groups excluding carboxylic acids is 1. The molecule has 1 atom stereocenters. The summed E-state index contributed by atoms with van der Waals surface area (Å²) in [5.74, 6) is -1.40. The van der Waals surface area contributed by atoms with Crippen molar-refractivity contribution in [3.63, 3.8) is 0 Å². The highest BCUT2D eigenvalue weighted by atomic mass is 35.5. The summed E-state index contributed by atoms with van der Waals surface area (Å²) < 4.78 is 12.6. The number of halogens is 1. The number of carboxylic acid groups (broad SMARTS) is 1. The molecule has 2 N–H and O–H groups in total. The summed E-state index contributed by atoms with van der Waals surface area (Å²) in [5, 5.41) is 9.25. The van der Waals surface area contributed by atoms with Crippen molar-refractivity contribution in [3.8, 4) is 0 Å². The van der Waals surface area contributed by atoms with E-state index in [-0.39, 0.29) is 6.42 Å². The van der Waals surface area contributed by atoms with E-state index >= 15 is 0 Å². The quantitative estimate of drug-likeness (QED) is 0.837. The van der Waals surface area contributed by atoms with Crippen molar-refractivity contribution >= 4 is 29.4 Å². The minimum absolute atomic E-state index is 0.142. The fourth-order valence-electron chi connectivity index (χ4n) is 1.38. The third-order valence-corrected chi connectivity index (χ3v) is 2.49. The van der Waals surface area contributed by atoms with Gasteiger partial charge >= 0.3 is 12.1 Å². The lowest BCUT2D eigenvalue weighted by molar-refractivity contribution is -0.136. The van der Waals surface area contributed by atoms with Crippen LogP contribution in [0.5, 0.6) is 0 Å². The molecule has 1 aromatic rings. The summed E-state index contributed by atoms with van der Waals surface area (Å²) in [7, 11) is 0. The number of hydrogen-bond acceptors (Lipinski definition) is 3. The molecule has 0 saturated heterocycles. The van der Waals surface area contributed by atoms with Crippen molar-refractivity contribution in [2.45, 2.75) is 38.1 Å². The highest BCUT2D eigenvalue weighted by Crippen LogP contribution is 2.15. The minimum Gasteiger partial charge on any atom is -0.480 e. The van der Waals surface area contributed by atoms with Crippen LogP contribution in [-0.2, 0) is 16.0 Å². The Hall–Kier alpha value is -1.75. The second-order valence-electron chi connectivity index (χ2n) is 5.21. The van der Waals surface area contributed by atoms with Crippen LogP contribution < -0.4 is 5.32 Å². The van der Waals surface area contributed by atoms with Crippen molar-refractivity contribution < 1.29 is 20.8 Å². The average molecular weight is 301 g/mol. The maximum Gasteiger partial charge on any atom is 0.412 e. The summed E-state index contributed by atoms with van der Waals surface area (Å²) in [6.07, 6.45) is -0.718. The first-order valence-corrected chi connectivity index (χ1v) is 6.39. The van der Waals surface area contributed by atoms with Crippen molar-refractivity contribution in [2.24, 2.45) is 0 Å². The Bertz CT molecular complexity index is 523. The van der Waals surface area contributed by atoms with Gasteiger partial charge in [-0.05, 0) is 44.9 Å². The fraction of sp³-hybridized carbons (Fsp3) is 0.429. The molecule has 0 aliphatic heterocycles. The Labute approximate surface area is 124 Å². The van der Waals surface area contributed by atoms with Crippen LogP contribution in [0, 0.1) is 0 Å². The molecule has 0 saturated carbocycles. The zero-order valence-electron chi connectivity index (χ0n) is 12.6. The molecule has 0 aliphatic carbocycles. The predicted octanol–water partition coefficient (Wildman–Crippen LogP) is 3.27. The molecule has 5 nitrogen and oxygen atoms in total. The normalized spacial score (nSPS) is 14.9. The summed E-state index contributed by atoms with van der Waals surface area (Å²) >= 11 is 5.58. The first kappa shape index (κ1) is 14.7. The minimum atomic E-state index is -2.10. The van der Waals surface area contributed by atoms with E-state index in [4.69, 9.17) is 22.8 Å². The third-order valence-electron chi connectivity index (χ3n) is 2.19. The highest BCUT2D eigenvalue weighted by Gasteiger charge is 2.16. The van der Waals surface area contributed by atoms with Gasteiger partial charge in [-0.1, -0.05) is 12.1 Å². The van der Waals surface area contributed by atoms with Gasteiger partial charge in [-0.15, -0.1) is 11.6 Å². The average Bonchev–Trinajstić information content (AvgIpc) is 2.28. The molecule has 1 amide bonds. The van der Waals surface area contributed by atoms with Crippen molar-refractivity contribution in [1.82, 2.24) is 0 Å². The van der Waals surface area contributed by atoms with E-state index in [9.17, 15) is 9.59 Å². The molecule has 6 heteroatoms. The Morgan fingerprint density at radius 2 is 1.95 bits per heavy atom. The number of rotatable bonds is 4. The zero-order valence-corrected chi connectivity index (χ0v) is 12.3. The first-order chi connectivity index (χ1) is 9.49. The van der Waals surface area contributed by atoms with Crippen LogP contribution in [-0.4, -0.2) is 28.1 Å². The number of hydrogen-bond donors (Lipinski definition) is 2. The van der Waals surface area contributed by atoms with E-state index in [1.807, 2.05) is 0 Å². The Kier molecular flexibility index (Phi) is 4.84. The van der Waals surface area contributed by atoms with Crippen LogP contribution in [0.25, 0.3) is 0 Å². The molecule has 0 radical (unpaired) electrons. The topological polar surface area (TPSA) is 75.6 Å². The summed E-state index contributed by atoms with van der Waals surface area (Å²) in [5.41, 5.74) is 0.500. The van der Waals surface area contributed by atoms with E-state index in [0.717, 1.165) is 0 Å². The van der Waals surface area contributed by atoms with E-state index < -0.39 is 23.0 Å². The number of anilines is 1. The Morgan fingerprint density at radius 1 is 1.40 bits per heavy atom. The van der Waals surface area contributed by atoms with Crippen molar-refractivity contribution in [1.29, 1.82) is 0 Å². The number of alkyl halides is 1. The van der Waals surface area contributed by atoms with Crippen LogP contribution in [0.4, 0.5) is 10.5 Å². The number of carbonyl (C=O) groups is 2. The number of amides is 1. The van der Waals surface area contributed by atoms with Crippen molar-refractivity contribution in [3.05, 3.63) is 29.8 Å². The SMILES string of the molecule is [2H][C@@](Cl)(Cc1ccc(NC(=O)OC(C)(C)C)cc1)C(=O)O. The second kappa shape index (κ2) is 6.61. The van der Waals surface area contributed by atoms with Gasteiger partial charge in [0.25, 0.3) is 0 Å². The maximum absolute atomic E-state index is 11.6. The van der Waals surface area contributed by atoms with Crippen LogP contribution >= 0.6 is 11.6 Å². The van der Waals surface area contributed by atoms with Gasteiger partial charge in [-0.2, -0.15) is 0 Å². The van der Waals surface area contributed by atoms with Gasteiger partial charge < -0.3 is 9.84 Å². The molecular weight excluding hydrogens is 282 g/mol. The Morgan fingerprint density at radius 3 is 2.40 bits per heavy atom. The fourth-order valence-corrected chi connectivity index (χ4v) is 1.54. The molecule has 0 bridgehead atoms. The standard InChI is InChI=1S/C14H18ClNO4/c1-14(2,3)20-13(19)16-10-6-4-9(5-7-10)8-11(15)12(17)18/h4-7,11H,8H2,1-3H3,(H,16,19)(H,17,18)/t11-/m1/s1/i11D.